The monoisotopic (exact) mass is 312 g/mol. The highest BCUT2D eigenvalue weighted by atomic mass is 32.2. The number of nitrogens with one attached hydrogen (secondary N) is 1. The highest BCUT2D eigenvalue weighted by molar-refractivity contribution is 7.89. The van der Waals surface area contributed by atoms with E-state index >= 15 is 0 Å². The van der Waals surface area contributed by atoms with Crippen molar-refractivity contribution in [3.8, 4) is 0 Å². The van der Waals surface area contributed by atoms with Crippen LogP contribution in [0.3, 0.4) is 0 Å². The van der Waals surface area contributed by atoms with Crippen LogP contribution in [0.2, 0.25) is 0 Å². The van der Waals surface area contributed by atoms with E-state index in [1.54, 1.807) is 19.1 Å². The average Bonchev–Trinajstić information content (AvgIpc) is 2.47. The Morgan fingerprint density at radius 3 is 2.48 bits per heavy atom. The first-order valence-corrected chi connectivity index (χ1v) is 8.29. The molecule has 1 saturated heterocycles. The molecule has 0 aliphatic carbocycles. The summed E-state index contributed by atoms with van der Waals surface area (Å²) >= 11 is 0. The zero-order valence-corrected chi connectivity index (χ0v) is 13.0. The van der Waals surface area contributed by atoms with Crippen molar-refractivity contribution >= 4 is 21.7 Å². The minimum absolute atomic E-state index is 0.201. The fourth-order valence-electron chi connectivity index (χ4n) is 2.59. The maximum atomic E-state index is 11.7. The van der Waals surface area contributed by atoms with Gasteiger partial charge in [0, 0.05) is 18.8 Å². The highest BCUT2D eigenvalue weighted by Gasteiger charge is 2.37. The number of piperidine rings is 1. The zero-order chi connectivity index (χ0) is 15.7. The molecular formula is C14H20N2O4S. The van der Waals surface area contributed by atoms with Crippen LogP contribution in [0.1, 0.15) is 19.8 Å². The van der Waals surface area contributed by atoms with E-state index < -0.39 is 21.4 Å². The van der Waals surface area contributed by atoms with Crippen molar-refractivity contribution in [2.24, 2.45) is 5.41 Å². The number of carbonyl (C=O) groups is 1. The number of rotatable bonds is 4. The van der Waals surface area contributed by atoms with Gasteiger partial charge < -0.3 is 10.0 Å². The van der Waals surface area contributed by atoms with Gasteiger partial charge in [-0.2, -0.15) is 0 Å². The SMILES string of the molecule is CNS(=O)(=O)c1ccc(N2CCCC(C)(C(=O)O)C2)cc1. The number of anilines is 1. The van der Waals surface area contributed by atoms with E-state index in [0.29, 0.717) is 13.0 Å². The van der Waals surface area contributed by atoms with Crippen molar-refractivity contribution in [2.45, 2.75) is 24.7 Å². The van der Waals surface area contributed by atoms with Gasteiger partial charge >= 0.3 is 5.97 Å². The first-order chi connectivity index (χ1) is 9.78. The smallest absolute Gasteiger partial charge is 0.311 e. The molecule has 21 heavy (non-hydrogen) atoms. The molecule has 1 aliphatic heterocycles. The van der Waals surface area contributed by atoms with Gasteiger partial charge in [0.25, 0.3) is 0 Å². The van der Waals surface area contributed by atoms with E-state index in [1.807, 2.05) is 4.90 Å². The molecule has 0 aromatic heterocycles. The molecule has 0 amide bonds. The van der Waals surface area contributed by atoms with Gasteiger partial charge in [0.05, 0.1) is 10.3 Å². The Bertz CT molecular complexity index is 627. The Balaban J connectivity index is 2.21. The third kappa shape index (κ3) is 3.19. The van der Waals surface area contributed by atoms with Crippen molar-refractivity contribution in [1.82, 2.24) is 4.72 Å². The van der Waals surface area contributed by atoms with Gasteiger partial charge in [-0.25, -0.2) is 13.1 Å². The lowest BCUT2D eigenvalue weighted by Gasteiger charge is -2.38. The fourth-order valence-corrected chi connectivity index (χ4v) is 3.32. The molecule has 116 valence electrons. The number of carboxylic acids is 1. The molecule has 1 atom stereocenters. The zero-order valence-electron chi connectivity index (χ0n) is 12.2. The second-order valence-electron chi connectivity index (χ2n) is 5.59. The molecule has 1 unspecified atom stereocenters. The van der Waals surface area contributed by atoms with Crippen LogP contribution in [-0.2, 0) is 14.8 Å². The van der Waals surface area contributed by atoms with Crippen LogP contribution in [0.4, 0.5) is 5.69 Å². The third-order valence-corrected chi connectivity index (χ3v) is 5.42. The topological polar surface area (TPSA) is 86.7 Å². The maximum Gasteiger partial charge on any atom is 0.311 e. The van der Waals surface area contributed by atoms with Crippen LogP contribution in [0.25, 0.3) is 0 Å². The van der Waals surface area contributed by atoms with E-state index in [4.69, 9.17) is 0 Å². The minimum Gasteiger partial charge on any atom is -0.481 e. The molecule has 1 fully saturated rings. The van der Waals surface area contributed by atoms with Gasteiger partial charge in [0.15, 0.2) is 0 Å². The van der Waals surface area contributed by atoms with Crippen LogP contribution in [0.5, 0.6) is 0 Å². The number of hydrogen-bond donors (Lipinski definition) is 2. The molecule has 0 spiro atoms. The third-order valence-electron chi connectivity index (χ3n) is 3.99. The highest BCUT2D eigenvalue weighted by Crippen LogP contribution is 2.32. The second kappa shape index (κ2) is 5.65. The molecule has 0 bridgehead atoms. The summed E-state index contributed by atoms with van der Waals surface area (Å²) in [6, 6.07) is 6.51. The molecule has 1 aliphatic rings. The van der Waals surface area contributed by atoms with E-state index in [9.17, 15) is 18.3 Å². The molecule has 1 aromatic carbocycles. The number of hydrogen-bond acceptors (Lipinski definition) is 4. The van der Waals surface area contributed by atoms with Crippen LogP contribution >= 0.6 is 0 Å². The number of carboxylic acid groups (broad SMARTS) is 1. The maximum absolute atomic E-state index is 11.7. The second-order valence-corrected chi connectivity index (χ2v) is 7.48. The van der Waals surface area contributed by atoms with Crippen molar-refractivity contribution in [2.75, 3.05) is 25.0 Å². The lowest BCUT2D eigenvalue weighted by atomic mass is 9.82. The Morgan fingerprint density at radius 2 is 1.95 bits per heavy atom. The number of nitrogens with zero attached hydrogens (tertiary/aromatic N) is 1. The Labute approximate surface area is 124 Å². The standard InChI is InChI=1S/C14H20N2O4S/c1-14(13(17)18)8-3-9-16(10-14)11-4-6-12(7-5-11)21(19,20)15-2/h4-7,15H,3,8-10H2,1-2H3,(H,17,18). The van der Waals surface area contributed by atoms with Crippen molar-refractivity contribution < 1.29 is 18.3 Å². The normalized spacial score (nSPS) is 23.0. The van der Waals surface area contributed by atoms with E-state index in [0.717, 1.165) is 18.7 Å². The lowest BCUT2D eigenvalue weighted by molar-refractivity contribution is -0.148. The summed E-state index contributed by atoms with van der Waals surface area (Å²) in [5.41, 5.74) is 0.0887. The van der Waals surface area contributed by atoms with Crippen LogP contribution in [-0.4, -0.2) is 39.6 Å². The van der Waals surface area contributed by atoms with Crippen LogP contribution in [0, 0.1) is 5.41 Å². The van der Waals surface area contributed by atoms with E-state index in [2.05, 4.69) is 4.72 Å². The van der Waals surface area contributed by atoms with Crippen molar-refractivity contribution in [3.05, 3.63) is 24.3 Å². The summed E-state index contributed by atoms with van der Waals surface area (Å²) in [6.45, 7) is 2.96. The molecule has 0 saturated carbocycles. The largest absolute Gasteiger partial charge is 0.481 e. The summed E-state index contributed by atoms with van der Waals surface area (Å²) in [5.74, 6) is -0.790. The summed E-state index contributed by atoms with van der Waals surface area (Å²) in [4.78, 5) is 13.6. The van der Waals surface area contributed by atoms with Gasteiger partial charge in [0.1, 0.15) is 0 Å². The Morgan fingerprint density at radius 1 is 1.33 bits per heavy atom. The summed E-state index contributed by atoms with van der Waals surface area (Å²) in [6.07, 6.45) is 1.46. The molecule has 7 heteroatoms. The van der Waals surface area contributed by atoms with Crippen molar-refractivity contribution in [3.63, 3.8) is 0 Å². The number of sulfonamides is 1. The minimum atomic E-state index is -3.44. The molecule has 1 aromatic rings. The van der Waals surface area contributed by atoms with Gasteiger partial charge in [-0.05, 0) is 51.1 Å². The van der Waals surface area contributed by atoms with Crippen molar-refractivity contribution in [1.29, 1.82) is 0 Å². The van der Waals surface area contributed by atoms with Gasteiger partial charge in [-0.15, -0.1) is 0 Å². The van der Waals surface area contributed by atoms with E-state index in [-0.39, 0.29) is 4.90 Å². The number of benzene rings is 1. The van der Waals surface area contributed by atoms with E-state index in [1.165, 1.54) is 19.2 Å². The Kier molecular flexibility index (Phi) is 4.25. The van der Waals surface area contributed by atoms with Crippen LogP contribution < -0.4 is 9.62 Å². The first-order valence-electron chi connectivity index (χ1n) is 6.80. The molecule has 2 rings (SSSR count). The summed E-state index contributed by atoms with van der Waals surface area (Å²) in [5, 5.41) is 9.33. The average molecular weight is 312 g/mol. The lowest BCUT2D eigenvalue weighted by Crippen LogP contribution is -2.46. The quantitative estimate of drug-likeness (QED) is 0.875. The van der Waals surface area contributed by atoms with Gasteiger partial charge in [-0.1, -0.05) is 0 Å². The summed E-state index contributed by atoms with van der Waals surface area (Å²) < 4.78 is 25.6. The number of aliphatic carboxylic acids is 1. The van der Waals surface area contributed by atoms with Crippen LogP contribution in [0.15, 0.2) is 29.2 Å². The summed E-state index contributed by atoms with van der Waals surface area (Å²) in [7, 11) is -2.08. The fraction of sp³-hybridized carbons (Fsp3) is 0.500. The first kappa shape index (κ1) is 15.8. The molecular weight excluding hydrogens is 292 g/mol. The molecule has 1 heterocycles. The van der Waals surface area contributed by atoms with Gasteiger partial charge in [0.2, 0.25) is 10.0 Å². The predicted octanol–water partition coefficient (Wildman–Crippen LogP) is 1.29. The van der Waals surface area contributed by atoms with Gasteiger partial charge in [-0.3, -0.25) is 4.79 Å². The molecule has 2 N–H and O–H groups in total. The molecule has 6 nitrogen and oxygen atoms in total. The predicted molar refractivity (Wildman–Crippen MR) is 79.9 cm³/mol. The molecule has 0 radical (unpaired) electrons. The Hall–Kier alpha value is -1.60.